The molecule has 1 rings (SSSR count). The summed E-state index contributed by atoms with van der Waals surface area (Å²) < 4.78 is 0. The Morgan fingerprint density at radius 3 is 2.25 bits per heavy atom. The Bertz CT molecular complexity index is 335. The number of hydrogen-bond donors (Lipinski definition) is 2. The zero-order chi connectivity index (χ0) is 12.2. The summed E-state index contributed by atoms with van der Waals surface area (Å²) >= 11 is 0. The van der Waals surface area contributed by atoms with E-state index in [1.54, 1.807) is 6.20 Å². The predicted octanol–water partition coefficient (Wildman–Crippen LogP) is 3.35. The fourth-order valence-electron chi connectivity index (χ4n) is 1.99. The molecule has 0 aliphatic heterocycles. The number of anilines is 2. The molecule has 0 aliphatic rings. The van der Waals surface area contributed by atoms with Crippen LogP contribution in [0.3, 0.4) is 0 Å². The molecular weight excluding hydrogens is 198 g/mol. The lowest BCUT2D eigenvalue weighted by molar-refractivity contribution is 0.418. The molecule has 3 N–H and O–H groups in total. The third-order valence-corrected chi connectivity index (χ3v) is 3.51. The first-order valence-electron chi connectivity index (χ1n) is 6.07. The first kappa shape index (κ1) is 12.8. The standard InChI is InChI=1S/C13H23N3/c1-5-13(6-2,7-3)16-12-10(4)8-11(14)9-15-12/h8-9H,5-7,14H2,1-4H3,(H,15,16). The predicted molar refractivity (Wildman–Crippen MR) is 70.6 cm³/mol. The molecule has 0 spiro atoms. The van der Waals surface area contributed by atoms with Gasteiger partial charge in [0, 0.05) is 5.54 Å². The maximum atomic E-state index is 5.70. The molecule has 0 atom stereocenters. The van der Waals surface area contributed by atoms with Crippen LogP contribution in [0, 0.1) is 6.92 Å². The van der Waals surface area contributed by atoms with Crippen LogP contribution in [0.5, 0.6) is 0 Å². The molecule has 1 aromatic heterocycles. The summed E-state index contributed by atoms with van der Waals surface area (Å²) in [6.07, 6.45) is 5.02. The average molecular weight is 221 g/mol. The maximum absolute atomic E-state index is 5.70. The Morgan fingerprint density at radius 1 is 1.25 bits per heavy atom. The van der Waals surface area contributed by atoms with Crippen molar-refractivity contribution < 1.29 is 0 Å². The van der Waals surface area contributed by atoms with Crippen molar-refractivity contribution in [3.05, 3.63) is 17.8 Å². The van der Waals surface area contributed by atoms with Crippen molar-refractivity contribution in [3.63, 3.8) is 0 Å². The zero-order valence-corrected chi connectivity index (χ0v) is 10.8. The number of nitrogen functional groups attached to an aromatic ring is 1. The molecule has 0 saturated carbocycles. The molecule has 90 valence electrons. The number of hydrogen-bond acceptors (Lipinski definition) is 3. The van der Waals surface area contributed by atoms with Gasteiger partial charge in [0.1, 0.15) is 5.82 Å². The minimum atomic E-state index is 0.161. The third-order valence-electron chi connectivity index (χ3n) is 3.51. The maximum Gasteiger partial charge on any atom is 0.129 e. The molecule has 1 heterocycles. The normalized spacial score (nSPS) is 11.5. The van der Waals surface area contributed by atoms with E-state index in [4.69, 9.17) is 5.73 Å². The molecular formula is C13H23N3. The fraction of sp³-hybridized carbons (Fsp3) is 0.615. The summed E-state index contributed by atoms with van der Waals surface area (Å²) in [4.78, 5) is 4.37. The summed E-state index contributed by atoms with van der Waals surface area (Å²) in [5.41, 5.74) is 7.69. The summed E-state index contributed by atoms with van der Waals surface area (Å²) in [5, 5.41) is 3.57. The van der Waals surface area contributed by atoms with Crippen LogP contribution in [0.15, 0.2) is 12.3 Å². The van der Waals surface area contributed by atoms with Gasteiger partial charge in [0.2, 0.25) is 0 Å². The van der Waals surface area contributed by atoms with Gasteiger partial charge in [-0.1, -0.05) is 20.8 Å². The van der Waals surface area contributed by atoms with E-state index < -0.39 is 0 Å². The molecule has 3 nitrogen and oxygen atoms in total. The number of nitrogens with zero attached hydrogens (tertiary/aromatic N) is 1. The highest BCUT2D eigenvalue weighted by molar-refractivity contribution is 5.52. The number of aryl methyl sites for hydroxylation is 1. The van der Waals surface area contributed by atoms with Gasteiger partial charge in [-0.05, 0) is 37.8 Å². The van der Waals surface area contributed by atoms with Crippen molar-refractivity contribution in [1.82, 2.24) is 4.98 Å². The van der Waals surface area contributed by atoms with Crippen LogP contribution in [-0.2, 0) is 0 Å². The topological polar surface area (TPSA) is 50.9 Å². The highest BCUT2D eigenvalue weighted by Crippen LogP contribution is 2.26. The van der Waals surface area contributed by atoms with E-state index in [9.17, 15) is 0 Å². The Morgan fingerprint density at radius 2 is 1.81 bits per heavy atom. The van der Waals surface area contributed by atoms with Gasteiger partial charge in [0.15, 0.2) is 0 Å². The zero-order valence-electron chi connectivity index (χ0n) is 10.8. The van der Waals surface area contributed by atoms with Gasteiger partial charge in [0.05, 0.1) is 11.9 Å². The number of nitrogens with two attached hydrogens (primary N) is 1. The van der Waals surface area contributed by atoms with Crippen LogP contribution in [0.1, 0.15) is 45.6 Å². The van der Waals surface area contributed by atoms with Crippen LogP contribution < -0.4 is 11.1 Å². The van der Waals surface area contributed by atoms with Gasteiger partial charge in [-0.3, -0.25) is 0 Å². The first-order valence-corrected chi connectivity index (χ1v) is 6.07. The Kier molecular flexibility index (Phi) is 4.16. The summed E-state index contributed by atoms with van der Waals surface area (Å²) in [5.74, 6) is 0.958. The van der Waals surface area contributed by atoms with E-state index in [1.165, 1.54) is 0 Å². The van der Waals surface area contributed by atoms with Crippen LogP contribution in [-0.4, -0.2) is 10.5 Å². The van der Waals surface area contributed by atoms with E-state index in [1.807, 2.05) is 13.0 Å². The fourth-order valence-corrected chi connectivity index (χ4v) is 1.99. The summed E-state index contributed by atoms with van der Waals surface area (Å²) in [6.45, 7) is 8.68. The Labute approximate surface area is 98.5 Å². The van der Waals surface area contributed by atoms with Crippen LogP contribution in [0.25, 0.3) is 0 Å². The Balaban J connectivity index is 2.93. The molecule has 0 saturated heterocycles. The van der Waals surface area contributed by atoms with Crippen molar-refractivity contribution in [1.29, 1.82) is 0 Å². The lowest BCUT2D eigenvalue weighted by Gasteiger charge is -2.33. The molecule has 0 fully saturated rings. The molecule has 0 amide bonds. The van der Waals surface area contributed by atoms with Gasteiger partial charge in [0.25, 0.3) is 0 Å². The Hall–Kier alpha value is -1.25. The van der Waals surface area contributed by atoms with Crippen molar-refractivity contribution in [2.24, 2.45) is 0 Å². The SMILES string of the molecule is CCC(CC)(CC)Nc1ncc(N)cc1C. The van der Waals surface area contributed by atoms with E-state index in [2.05, 4.69) is 31.1 Å². The smallest absolute Gasteiger partial charge is 0.129 e. The average Bonchev–Trinajstić information content (AvgIpc) is 2.29. The molecule has 3 heteroatoms. The van der Waals surface area contributed by atoms with E-state index in [0.717, 1.165) is 36.3 Å². The lowest BCUT2D eigenvalue weighted by atomic mass is 9.89. The van der Waals surface area contributed by atoms with E-state index >= 15 is 0 Å². The number of nitrogens with one attached hydrogen (secondary N) is 1. The van der Waals surface area contributed by atoms with Crippen molar-refractivity contribution in [2.75, 3.05) is 11.1 Å². The number of pyridine rings is 1. The minimum absolute atomic E-state index is 0.161. The molecule has 0 aliphatic carbocycles. The number of rotatable bonds is 5. The number of aromatic nitrogens is 1. The van der Waals surface area contributed by atoms with Crippen LogP contribution >= 0.6 is 0 Å². The highest BCUT2D eigenvalue weighted by atomic mass is 15.1. The molecule has 16 heavy (non-hydrogen) atoms. The molecule has 0 unspecified atom stereocenters. The largest absolute Gasteiger partial charge is 0.397 e. The van der Waals surface area contributed by atoms with Crippen LogP contribution in [0.4, 0.5) is 11.5 Å². The van der Waals surface area contributed by atoms with Gasteiger partial charge in [-0.2, -0.15) is 0 Å². The van der Waals surface area contributed by atoms with Crippen LogP contribution in [0.2, 0.25) is 0 Å². The first-order chi connectivity index (χ1) is 7.56. The molecule has 1 aromatic rings. The minimum Gasteiger partial charge on any atom is -0.397 e. The molecule has 0 bridgehead atoms. The van der Waals surface area contributed by atoms with Gasteiger partial charge >= 0.3 is 0 Å². The van der Waals surface area contributed by atoms with E-state index in [-0.39, 0.29) is 5.54 Å². The van der Waals surface area contributed by atoms with Gasteiger partial charge in [-0.15, -0.1) is 0 Å². The highest BCUT2D eigenvalue weighted by Gasteiger charge is 2.24. The quantitative estimate of drug-likeness (QED) is 0.801. The summed E-state index contributed by atoms with van der Waals surface area (Å²) in [7, 11) is 0. The lowest BCUT2D eigenvalue weighted by Crippen LogP contribution is -2.36. The summed E-state index contributed by atoms with van der Waals surface area (Å²) in [6, 6.07) is 1.96. The van der Waals surface area contributed by atoms with Crippen molar-refractivity contribution in [2.45, 2.75) is 52.5 Å². The third kappa shape index (κ3) is 2.65. The second kappa shape index (κ2) is 5.19. The molecule has 0 aromatic carbocycles. The monoisotopic (exact) mass is 221 g/mol. The second-order valence-corrected chi connectivity index (χ2v) is 4.40. The van der Waals surface area contributed by atoms with Crippen molar-refractivity contribution >= 4 is 11.5 Å². The van der Waals surface area contributed by atoms with E-state index in [0.29, 0.717) is 0 Å². The van der Waals surface area contributed by atoms with Gasteiger partial charge < -0.3 is 11.1 Å². The molecule has 0 radical (unpaired) electrons. The van der Waals surface area contributed by atoms with Crippen molar-refractivity contribution in [3.8, 4) is 0 Å². The second-order valence-electron chi connectivity index (χ2n) is 4.40. The van der Waals surface area contributed by atoms with Gasteiger partial charge in [-0.25, -0.2) is 4.98 Å².